The summed E-state index contributed by atoms with van der Waals surface area (Å²) in [6.45, 7) is 6.51. The first-order valence-electron chi connectivity index (χ1n) is 11.3. The highest BCUT2D eigenvalue weighted by molar-refractivity contribution is 14.1. The second-order valence-electron chi connectivity index (χ2n) is 8.14. The highest BCUT2D eigenvalue weighted by Crippen LogP contribution is 2.26. The first kappa shape index (κ1) is 25.2. The number of nitrogens with zero attached hydrogens (tertiary/aromatic N) is 5. The van der Waals surface area contributed by atoms with Gasteiger partial charge in [0, 0.05) is 23.8 Å². The minimum Gasteiger partial charge on any atom is -0.331 e. The van der Waals surface area contributed by atoms with Crippen LogP contribution in [0.1, 0.15) is 32.4 Å². The number of halogens is 2. The van der Waals surface area contributed by atoms with Crippen molar-refractivity contribution >= 4 is 57.0 Å². The van der Waals surface area contributed by atoms with E-state index in [4.69, 9.17) is 11.6 Å². The van der Waals surface area contributed by atoms with Gasteiger partial charge in [-0.1, -0.05) is 25.4 Å². The summed E-state index contributed by atoms with van der Waals surface area (Å²) in [5.74, 6) is 0.129. The Labute approximate surface area is 219 Å². The van der Waals surface area contributed by atoms with Gasteiger partial charge in [0.05, 0.1) is 9.26 Å². The fourth-order valence-electron chi connectivity index (χ4n) is 3.82. The zero-order valence-corrected chi connectivity index (χ0v) is 22.5. The van der Waals surface area contributed by atoms with Gasteiger partial charge in [0.15, 0.2) is 11.5 Å². The van der Waals surface area contributed by atoms with Crippen LogP contribution in [0.2, 0.25) is 5.02 Å². The number of aromatic amines is 1. The van der Waals surface area contributed by atoms with E-state index in [1.54, 1.807) is 28.9 Å². The largest absolute Gasteiger partial charge is 0.332 e. The Bertz CT molecular complexity index is 1520. The number of amides is 1. The summed E-state index contributed by atoms with van der Waals surface area (Å²) in [5, 5.41) is 8.00. The zero-order chi connectivity index (χ0) is 25.3. The zero-order valence-electron chi connectivity index (χ0n) is 19.6. The van der Waals surface area contributed by atoms with Gasteiger partial charge in [0.25, 0.3) is 5.56 Å². The van der Waals surface area contributed by atoms with Crippen molar-refractivity contribution in [1.29, 1.82) is 0 Å². The lowest BCUT2D eigenvalue weighted by Gasteiger charge is -2.09. The fourth-order valence-corrected chi connectivity index (χ4v) is 4.59. The molecular weight excluding hydrogens is 585 g/mol. The van der Waals surface area contributed by atoms with Crippen LogP contribution in [-0.2, 0) is 24.4 Å². The van der Waals surface area contributed by atoms with Crippen molar-refractivity contribution in [3.8, 4) is 11.5 Å². The first-order valence-corrected chi connectivity index (χ1v) is 12.7. The van der Waals surface area contributed by atoms with Gasteiger partial charge < -0.3 is 10.3 Å². The van der Waals surface area contributed by atoms with E-state index in [0.29, 0.717) is 47.4 Å². The fraction of sp³-hybridized carbons (Fsp3) is 0.348. The minimum atomic E-state index is -0.397. The number of H-pyrrole nitrogens is 1. The molecular formula is C23H25ClIN7O3. The molecule has 12 heteroatoms. The lowest BCUT2D eigenvalue weighted by Crippen LogP contribution is -2.40. The topological polar surface area (TPSA) is 120 Å². The molecule has 0 aliphatic rings. The number of benzene rings is 1. The Balaban J connectivity index is 1.72. The summed E-state index contributed by atoms with van der Waals surface area (Å²) in [6, 6.07) is 6.85. The molecule has 184 valence electrons. The molecule has 10 nitrogen and oxygen atoms in total. The molecule has 0 atom stereocenters. The summed E-state index contributed by atoms with van der Waals surface area (Å²) in [5.41, 5.74) is 1.74. The van der Waals surface area contributed by atoms with Crippen LogP contribution in [0.4, 0.5) is 5.69 Å². The predicted molar refractivity (Wildman–Crippen MR) is 144 cm³/mol. The molecule has 35 heavy (non-hydrogen) atoms. The molecule has 0 aliphatic carbocycles. The molecule has 0 unspecified atom stereocenters. The number of carbonyl (C=O) groups is 1. The third-order valence-electron chi connectivity index (χ3n) is 5.53. The maximum Gasteiger partial charge on any atom is 0.332 e. The van der Waals surface area contributed by atoms with Crippen LogP contribution in [0, 0.1) is 10.5 Å². The summed E-state index contributed by atoms with van der Waals surface area (Å²) in [6.07, 6.45) is 1.38. The average molecular weight is 610 g/mol. The normalized spacial score (nSPS) is 11.3. The maximum atomic E-state index is 13.0. The molecule has 0 bridgehead atoms. The molecule has 3 heterocycles. The van der Waals surface area contributed by atoms with Crippen molar-refractivity contribution in [2.45, 2.75) is 53.2 Å². The van der Waals surface area contributed by atoms with Crippen molar-refractivity contribution in [3.05, 3.63) is 59.4 Å². The van der Waals surface area contributed by atoms with Gasteiger partial charge in [0.1, 0.15) is 17.8 Å². The van der Waals surface area contributed by atoms with Gasteiger partial charge in [-0.2, -0.15) is 5.10 Å². The van der Waals surface area contributed by atoms with Crippen molar-refractivity contribution in [2.75, 3.05) is 5.32 Å². The van der Waals surface area contributed by atoms with Crippen LogP contribution < -0.4 is 16.6 Å². The average Bonchev–Trinajstić information content (AvgIpc) is 3.38. The van der Waals surface area contributed by atoms with Crippen molar-refractivity contribution in [1.82, 2.24) is 28.9 Å². The molecule has 1 amide bonds. The summed E-state index contributed by atoms with van der Waals surface area (Å²) >= 11 is 8.05. The summed E-state index contributed by atoms with van der Waals surface area (Å²) < 4.78 is 5.15. The Kier molecular flexibility index (Phi) is 7.45. The van der Waals surface area contributed by atoms with E-state index in [1.807, 2.05) is 20.8 Å². The molecule has 0 fully saturated rings. The quantitative estimate of drug-likeness (QED) is 0.295. The van der Waals surface area contributed by atoms with E-state index in [0.717, 1.165) is 15.7 Å². The molecule has 0 aliphatic heterocycles. The molecule has 4 rings (SSSR count). The Morgan fingerprint density at radius 3 is 2.43 bits per heavy atom. The van der Waals surface area contributed by atoms with E-state index in [1.165, 1.54) is 9.13 Å². The molecule has 3 aromatic heterocycles. The molecule has 0 spiro atoms. The van der Waals surface area contributed by atoms with Crippen LogP contribution in [0.5, 0.6) is 0 Å². The molecule has 1 aromatic carbocycles. The highest BCUT2D eigenvalue weighted by Gasteiger charge is 2.22. The van der Waals surface area contributed by atoms with E-state index >= 15 is 0 Å². The number of anilines is 1. The van der Waals surface area contributed by atoms with Crippen molar-refractivity contribution in [3.63, 3.8) is 0 Å². The Morgan fingerprint density at radius 2 is 1.77 bits per heavy atom. The van der Waals surface area contributed by atoms with E-state index < -0.39 is 5.56 Å². The number of imidazole rings is 1. The van der Waals surface area contributed by atoms with Crippen molar-refractivity contribution < 1.29 is 4.79 Å². The van der Waals surface area contributed by atoms with Gasteiger partial charge in [-0.05, 0) is 66.6 Å². The Morgan fingerprint density at radius 1 is 1.11 bits per heavy atom. The third kappa shape index (κ3) is 4.92. The number of hydrogen-bond donors (Lipinski definition) is 2. The number of hydrogen-bond acceptors (Lipinski definition) is 5. The second kappa shape index (κ2) is 10.4. The van der Waals surface area contributed by atoms with Gasteiger partial charge >= 0.3 is 5.69 Å². The number of fused-ring (bicyclic) bond motifs is 1. The van der Waals surface area contributed by atoms with Gasteiger partial charge in [0.2, 0.25) is 5.91 Å². The number of aryl methyl sites for hydroxylation is 1. The van der Waals surface area contributed by atoms with Crippen molar-refractivity contribution in [2.24, 2.45) is 0 Å². The lowest BCUT2D eigenvalue weighted by atomic mass is 10.3. The minimum absolute atomic E-state index is 0.00542. The third-order valence-corrected chi connectivity index (χ3v) is 7.08. The monoisotopic (exact) mass is 609 g/mol. The van der Waals surface area contributed by atoms with Crippen LogP contribution in [-0.4, -0.2) is 34.8 Å². The number of rotatable bonds is 8. The highest BCUT2D eigenvalue weighted by atomic mass is 127. The summed E-state index contributed by atoms with van der Waals surface area (Å²) in [4.78, 5) is 46.3. The standard InChI is InChI=1S/C23H25ClIN7O3/c1-4-10-30-21-19(22(34)31(11-5-2)23(30)35)27-20(28-21)18-17(25)13(3)32(29-18)12-16(33)26-15-8-6-14(24)7-9-15/h6-9H,4-5,10-12H2,1-3H3,(H,26,33)(H,27,28). The summed E-state index contributed by atoms with van der Waals surface area (Å²) in [7, 11) is 0. The predicted octanol–water partition coefficient (Wildman–Crippen LogP) is 3.77. The molecule has 4 aromatic rings. The smallest absolute Gasteiger partial charge is 0.331 e. The van der Waals surface area contributed by atoms with E-state index in [9.17, 15) is 14.4 Å². The Hall–Kier alpha value is -2.93. The van der Waals surface area contributed by atoms with E-state index in [2.05, 4.69) is 43.0 Å². The van der Waals surface area contributed by atoms with E-state index in [-0.39, 0.29) is 23.7 Å². The molecule has 0 saturated heterocycles. The van der Waals surface area contributed by atoms with Crippen LogP contribution >= 0.6 is 34.2 Å². The number of nitrogens with one attached hydrogen (secondary N) is 2. The van der Waals surface area contributed by atoms with Crippen LogP contribution in [0.3, 0.4) is 0 Å². The second-order valence-corrected chi connectivity index (χ2v) is 9.65. The van der Waals surface area contributed by atoms with Gasteiger partial charge in [-0.3, -0.25) is 23.4 Å². The van der Waals surface area contributed by atoms with Gasteiger partial charge in [-0.25, -0.2) is 9.78 Å². The lowest BCUT2D eigenvalue weighted by molar-refractivity contribution is -0.116. The van der Waals surface area contributed by atoms with Gasteiger partial charge in [-0.15, -0.1) is 0 Å². The van der Waals surface area contributed by atoms with Crippen LogP contribution in [0.15, 0.2) is 33.9 Å². The molecule has 2 N–H and O–H groups in total. The SMILES string of the molecule is CCCn1c(=O)c2[nH]c(-c3nn(CC(=O)Nc4ccc(Cl)cc4)c(C)c3I)nc2n(CCC)c1=O. The number of carbonyl (C=O) groups excluding carboxylic acids is 1. The number of aromatic nitrogens is 6. The molecule has 0 saturated carbocycles. The maximum absolute atomic E-state index is 13.0. The van der Waals surface area contributed by atoms with Crippen LogP contribution in [0.25, 0.3) is 22.7 Å². The molecule has 0 radical (unpaired) electrons. The first-order chi connectivity index (χ1) is 16.7.